The molecular formula is C19H22N2O3. The van der Waals surface area contributed by atoms with Crippen molar-refractivity contribution in [1.82, 2.24) is 10.3 Å². The number of benzene rings is 1. The van der Waals surface area contributed by atoms with Crippen LogP contribution in [0.25, 0.3) is 16.5 Å². The first-order valence-corrected chi connectivity index (χ1v) is 8.34. The summed E-state index contributed by atoms with van der Waals surface area (Å²) in [5, 5.41) is 3.67. The Morgan fingerprint density at radius 2 is 2.21 bits per heavy atom. The van der Waals surface area contributed by atoms with Crippen molar-refractivity contribution in [3.63, 3.8) is 0 Å². The normalized spacial score (nSPS) is 17.4. The van der Waals surface area contributed by atoms with E-state index in [4.69, 9.17) is 4.74 Å². The molecule has 1 amide bonds. The summed E-state index contributed by atoms with van der Waals surface area (Å²) in [4.78, 5) is 26.9. The molecule has 1 atom stereocenters. The SMILES string of the molecule is CCOC(=O)C1CC=C(c2cccc3[nH]c(C(=O)NC)cc23)CC1. The minimum absolute atomic E-state index is 0.0412. The summed E-state index contributed by atoms with van der Waals surface area (Å²) >= 11 is 0. The summed E-state index contributed by atoms with van der Waals surface area (Å²) in [6.07, 6.45) is 4.47. The zero-order valence-corrected chi connectivity index (χ0v) is 14.0. The van der Waals surface area contributed by atoms with E-state index in [1.165, 1.54) is 5.57 Å². The lowest BCUT2D eigenvalue weighted by Gasteiger charge is -2.21. The Balaban J connectivity index is 1.89. The van der Waals surface area contributed by atoms with E-state index in [1.807, 2.05) is 25.1 Å². The molecule has 0 fully saturated rings. The monoisotopic (exact) mass is 326 g/mol. The molecule has 1 aliphatic carbocycles. The highest BCUT2D eigenvalue weighted by Crippen LogP contribution is 2.34. The summed E-state index contributed by atoms with van der Waals surface area (Å²) in [5.41, 5.74) is 3.85. The van der Waals surface area contributed by atoms with Gasteiger partial charge in [0.2, 0.25) is 0 Å². The van der Waals surface area contributed by atoms with Gasteiger partial charge in [-0.05, 0) is 49.5 Å². The summed E-state index contributed by atoms with van der Waals surface area (Å²) in [6.45, 7) is 2.26. The summed E-state index contributed by atoms with van der Waals surface area (Å²) < 4.78 is 5.12. The number of nitrogens with one attached hydrogen (secondary N) is 2. The van der Waals surface area contributed by atoms with Crippen molar-refractivity contribution in [2.24, 2.45) is 5.92 Å². The number of esters is 1. The number of allylic oxidation sites excluding steroid dienone is 2. The van der Waals surface area contributed by atoms with Crippen LogP contribution in [0.15, 0.2) is 30.3 Å². The molecule has 0 aliphatic heterocycles. The number of carbonyl (C=O) groups excluding carboxylic acids is 2. The molecule has 5 heteroatoms. The summed E-state index contributed by atoms with van der Waals surface area (Å²) in [7, 11) is 1.62. The number of rotatable bonds is 4. The van der Waals surface area contributed by atoms with E-state index in [-0.39, 0.29) is 17.8 Å². The van der Waals surface area contributed by atoms with Gasteiger partial charge in [0.25, 0.3) is 5.91 Å². The predicted octanol–water partition coefficient (Wildman–Crippen LogP) is 3.27. The Hall–Kier alpha value is -2.56. The fourth-order valence-electron chi connectivity index (χ4n) is 3.25. The smallest absolute Gasteiger partial charge is 0.309 e. The maximum absolute atomic E-state index is 11.9. The first-order valence-electron chi connectivity index (χ1n) is 8.34. The highest BCUT2D eigenvalue weighted by Gasteiger charge is 2.24. The van der Waals surface area contributed by atoms with Gasteiger partial charge in [0.1, 0.15) is 5.69 Å². The zero-order chi connectivity index (χ0) is 17.1. The molecule has 0 saturated carbocycles. The maximum Gasteiger partial charge on any atom is 0.309 e. The molecule has 2 N–H and O–H groups in total. The fraction of sp³-hybridized carbons (Fsp3) is 0.368. The fourth-order valence-corrected chi connectivity index (χ4v) is 3.25. The van der Waals surface area contributed by atoms with Crippen molar-refractivity contribution >= 4 is 28.4 Å². The molecule has 0 radical (unpaired) electrons. The van der Waals surface area contributed by atoms with Crippen LogP contribution in [0.5, 0.6) is 0 Å². The number of amides is 1. The van der Waals surface area contributed by atoms with Gasteiger partial charge >= 0.3 is 5.97 Å². The van der Waals surface area contributed by atoms with Crippen LogP contribution in [-0.4, -0.2) is 30.5 Å². The molecule has 1 aromatic carbocycles. The van der Waals surface area contributed by atoms with Crippen LogP contribution in [-0.2, 0) is 9.53 Å². The number of aromatic nitrogens is 1. The second-order valence-corrected chi connectivity index (χ2v) is 5.98. The van der Waals surface area contributed by atoms with E-state index in [2.05, 4.69) is 22.4 Å². The minimum Gasteiger partial charge on any atom is -0.466 e. The third-order valence-corrected chi connectivity index (χ3v) is 4.51. The van der Waals surface area contributed by atoms with E-state index in [9.17, 15) is 9.59 Å². The molecule has 126 valence electrons. The van der Waals surface area contributed by atoms with Crippen molar-refractivity contribution in [3.8, 4) is 0 Å². The number of fused-ring (bicyclic) bond motifs is 1. The van der Waals surface area contributed by atoms with Gasteiger partial charge < -0.3 is 15.0 Å². The molecule has 2 aromatic rings. The van der Waals surface area contributed by atoms with Crippen LogP contribution in [0.4, 0.5) is 0 Å². The van der Waals surface area contributed by atoms with Gasteiger partial charge in [0, 0.05) is 18.0 Å². The minimum atomic E-state index is -0.128. The molecule has 5 nitrogen and oxygen atoms in total. The Morgan fingerprint density at radius 3 is 2.88 bits per heavy atom. The summed E-state index contributed by atoms with van der Waals surface area (Å²) in [6, 6.07) is 7.91. The van der Waals surface area contributed by atoms with Crippen molar-refractivity contribution in [1.29, 1.82) is 0 Å². The first kappa shape index (κ1) is 16.3. The van der Waals surface area contributed by atoms with Gasteiger partial charge in [-0.2, -0.15) is 0 Å². The number of carbonyl (C=O) groups is 2. The molecular weight excluding hydrogens is 304 g/mol. The second-order valence-electron chi connectivity index (χ2n) is 5.98. The van der Waals surface area contributed by atoms with Crippen molar-refractivity contribution < 1.29 is 14.3 Å². The lowest BCUT2D eigenvalue weighted by molar-refractivity contribution is -0.148. The number of hydrogen-bond acceptors (Lipinski definition) is 3. The molecule has 3 rings (SSSR count). The topological polar surface area (TPSA) is 71.2 Å². The second kappa shape index (κ2) is 6.91. The van der Waals surface area contributed by atoms with Crippen LogP contribution in [0.2, 0.25) is 0 Å². The third kappa shape index (κ3) is 3.07. The van der Waals surface area contributed by atoms with E-state index < -0.39 is 0 Å². The molecule has 1 heterocycles. The molecule has 0 bridgehead atoms. The summed E-state index contributed by atoms with van der Waals surface area (Å²) in [5.74, 6) is -0.271. The Labute approximate surface area is 141 Å². The van der Waals surface area contributed by atoms with E-state index in [1.54, 1.807) is 7.05 Å². The maximum atomic E-state index is 11.9. The third-order valence-electron chi connectivity index (χ3n) is 4.51. The average molecular weight is 326 g/mol. The Bertz CT molecular complexity index is 804. The Morgan fingerprint density at radius 1 is 1.38 bits per heavy atom. The van der Waals surface area contributed by atoms with Crippen molar-refractivity contribution in [3.05, 3.63) is 41.6 Å². The van der Waals surface area contributed by atoms with Crippen LogP contribution in [0.3, 0.4) is 0 Å². The van der Waals surface area contributed by atoms with Crippen LogP contribution >= 0.6 is 0 Å². The molecule has 0 spiro atoms. The highest BCUT2D eigenvalue weighted by atomic mass is 16.5. The van der Waals surface area contributed by atoms with Gasteiger partial charge in [-0.3, -0.25) is 9.59 Å². The van der Waals surface area contributed by atoms with E-state index in [0.29, 0.717) is 18.7 Å². The molecule has 1 unspecified atom stereocenters. The lowest BCUT2D eigenvalue weighted by atomic mass is 9.85. The Kier molecular flexibility index (Phi) is 4.69. The molecule has 24 heavy (non-hydrogen) atoms. The number of aromatic amines is 1. The standard InChI is InChI=1S/C19H22N2O3/c1-3-24-19(23)13-9-7-12(8-10-13)14-5-4-6-16-15(14)11-17(21-16)18(22)20-2/h4-7,11,13,21H,3,8-10H2,1-2H3,(H,20,22). The zero-order valence-electron chi connectivity index (χ0n) is 14.0. The van der Waals surface area contributed by atoms with Crippen LogP contribution in [0.1, 0.15) is 42.2 Å². The molecule has 1 aromatic heterocycles. The lowest BCUT2D eigenvalue weighted by Crippen LogP contribution is -2.19. The highest BCUT2D eigenvalue weighted by molar-refractivity contribution is 6.01. The number of ether oxygens (including phenoxy) is 1. The quantitative estimate of drug-likeness (QED) is 0.847. The van der Waals surface area contributed by atoms with E-state index in [0.717, 1.165) is 29.3 Å². The van der Waals surface area contributed by atoms with Gasteiger partial charge in [-0.25, -0.2) is 0 Å². The predicted molar refractivity (Wildman–Crippen MR) is 93.6 cm³/mol. The van der Waals surface area contributed by atoms with Gasteiger partial charge in [-0.1, -0.05) is 18.2 Å². The first-order chi connectivity index (χ1) is 11.6. The van der Waals surface area contributed by atoms with Crippen LogP contribution in [0, 0.1) is 5.92 Å². The van der Waals surface area contributed by atoms with Gasteiger partial charge in [0.05, 0.1) is 12.5 Å². The number of hydrogen-bond donors (Lipinski definition) is 2. The molecule has 1 aliphatic rings. The van der Waals surface area contributed by atoms with Crippen molar-refractivity contribution in [2.45, 2.75) is 26.2 Å². The largest absolute Gasteiger partial charge is 0.466 e. The van der Waals surface area contributed by atoms with Crippen molar-refractivity contribution in [2.75, 3.05) is 13.7 Å². The molecule has 0 saturated heterocycles. The van der Waals surface area contributed by atoms with Crippen LogP contribution < -0.4 is 5.32 Å². The van der Waals surface area contributed by atoms with E-state index >= 15 is 0 Å². The average Bonchev–Trinajstić information content (AvgIpc) is 3.05. The van der Waals surface area contributed by atoms with Gasteiger partial charge in [0.15, 0.2) is 0 Å². The number of H-pyrrole nitrogens is 1. The van der Waals surface area contributed by atoms with Gasteiger partial charge in [-0.15, -0.1) is 0 Å².